The normalized spacial score (nSPS) is 14.4. The van der Waals surface area contributed by atoms with Crippen molar-refractivity contribution in [2.45, 2.75) is 25.7 Å². The fourth-order valence-corrected chi connectivity index (χ4v) is 1.82. The van der Waals surface area contributed by atoms with Crippen molar-refractivity contribution >= 4 is 11.6 Å². The number of halogens is 1. The van der Waals surface area contributed by atoms with Gasteiger partial charge in [-0.25, -0.2) is 9.37 Å². The first-order valence-electron chi connectivity index (χ1n) is 6.13. The first kappa shape index (κ1) is 11.8. The highest BCUT2D eigenvalue weighted by atomic mass is 19.1. The van der Waals surface area contributed by atoms with Gasteiger partial charge in [-0.3, -0.25) is 9.89 Å². The van der Waals surface area contributed by atoms with E-state index < -0.39 is 11.7 Å². The maximum atomic E-state index is 13.1. The summed E-state index contributed by atoms with van der Waals surface area (Å²) in [5.74, 6) is 0.419. The second-order valence-electron chi connectivity index (χ2n) is 4.73. The molecule has 1 aliphatic carbocycles. The second kappa shape index (κ2) is 4.46. The molecule has 1 amide bonds. The minimum absolute atomic E-state index is 0.0885. The molecule has 1 aliphatic rings. The fraction of sp³-hybridized carbons (Fsp3) is 0.308. The molecule has 3 rings (SSSR count). The van der Waals surface area contributed by atoms with E-state index in [1.54, 1.807) is 13.0 Å². The van der Waals surface area contributed by atoms with Gasteiger partial charge in [-0.1, -0.05) is 6.07 Å². The Morgan fingerprint density at radius 2 is 2.26 bits per heavy atom. The lowest BCUT2D eigenvalue weighted by Crippen LogP contribution is -2.14. The first-order chi connectivity index (χ1) is 9.13. The van der Waals surface area contributed by atoms with E-state index in [1.807, 2.05) is 0 Å². The van der Waals surface area contributed by atoms with Crippen LogP contribution in [-0.4, -0.2) is 21.1 Å². The van der Waals surface area contributed by atoms with Crippen molar-refractivity contribution in [2.75, 3.05) is 5.32 Å². The van der Waals surface area contributed by atoms with Crippen LogP contribution < -0.4 is 5.32 Å². The van der Waals surface area contributed by atoms with Gasteiger partial charge >= 0.3 is 0 Å². The molecule has 6 heteroatoms. The van der Waals surface area contributed by atoms with Gasteiger partial charge in [0.1, 0.15) is 11.6 Å². The van der Waals surface area contributed by atoms with Gasteiger partial charge in [-0.05, 0) is 37.5 Å². The number of nitrogens with zero attached hydrogens (tertiary/aromatic N) is 2. The molecule has 0 radical (unpaired) electrons. The molecule has 1 fully saturated rings. The Labute approximate surface area is 109 Å². The Kier molecular flexibility index (Phi) is 2.77. The lowest BCUT2D eigenvalue weighted by Gasteiger charge is -2.06. The fourth-order valence-electron chi connectivity index (χ4n) is 1.82. The summed E-state index contributed by atoms with van der Waals surface area (Å²) >= 11 is 0. The van der Waals surface area contributed by atoms with Gasteiger partial charge in [0.15, 0.2) is 0 Å². The highest BCUT2D eigenvalue weighted by Gasteiger charge is 2.28. The van der Waals surface area contributed by atoms with Crippen LogP contribution in [0.25, 0.3) is 0 Å². The number of carbonyl (C=O) groups is 1. The van der Waals surface area contributed by atoms with Crippen LogP contribution in [0.15, 0.2) is 18.2 Å². The van der Waals surface area contributed by atoms with E-state index in [2.05, 4.69) is 20.5 Å². The Morgan fingerprint density at radius 3 is 3.00 bits per heavy atom. The van der Waals surface area contributed by atoms with Crippen molar-refractivity contribution in [2.24, 2.45) is 0 Å². The minimum Gasteiger partial charge on any atom is -0.319 e. The molecule has 1 aromatic carbocycles. The summed E-state index contributed by atoms with van der Waals surface area (Å²) in [5.41, 5.74) is 1.22. The van der Waals surface area contributed by atoms with Crippen LogP contribution in [0.5, 0.6) is 0 Å². The third kappa shape index (κ3) is 2.47. The number of anilines is 1. The summed E-state index contributed by atoms with van der Waals surface area (Å²) in [6.07, 6.45) is 2.17. The van der Waals surface area contributed by atoms with Crippen molar-refractivity contribution in [3.8, 4) is 0 Å². The molecular formula is C13H13FN4O. The van der Waals surface area contributed by atoms with Crippen molar-refractivity contribution in [3.05, 3.63) is 41.2 Å². The van der Waals surface area contributed by atoms with E-state index in [0.717, 1.165) is 24.2 Å². The molecule has 1 saturated carbocycles. The van der Waals surface area contributed by atoms with Crippen LogP contribution in [-0.2, 0) is 0 Å². The van der Waals surface area contributed by atoms with E-state index in [4.69, 9.17) is 0 Å². The van der Waals surface area contributed by atoms with E-state index in [9.17, 15) is 9.18 Å². The molecule has 1 aromatic heterocycles. The number of amides is 1. The van der Waals surface area contributed by atoms with Gasteiger partial charge in [-0.15, -0.1) is 5.10 Å². The number of rotatable bonds is 3. The van der Waals surface area contributed by atoms with Crippen molar-refractivity contribution < 1.29 is 9.18 Å². The highest BCUT2D eigenvalue weighted by Crippen LogP contribution is 2.37. The number of carbonyl (C=O) groups excluding carboxylic acids is 1. The van der Waals surface area contributed by atoms with Crippen LogP contribution >= 0.6 is 0 Å². The van der Waals surface area contributed by atoms with Crippen molar-refractivity contribution in [1.82, 2.24) is 15.2 Å². The number of aryl methyl sites for hydroxylation is 1. The van der Waals surface area contributed by atoms with E-state index >= 15 is 0 Å². The van der Waals surface area contributed by atoms with E-state index in [0.29, 0.717) is 11.6 Å². The van der Waals surface area contributed by atoms with Crippen LogP contribution in [0, 0.1) is 12.7 Å². The molecule has 0 bridgehead atoms. The molecular weight excluding hydrogens is 247 g/mol. The Hall–Kier alpha value is -2.24. The summed E-state index contributed by atoms with van der Waals surface area (Å²) in [6.45, 7) is 1.79. The van der Waals surface area contributed by atoms with Crippen LogP contribution in [0.2, 0.25) is 0 Å². The minimum atomic E-state index is -0.433. The van der Waals surface area contributed by atoms with Crippen molar-refractivity contribution in [3.63, 3.8) is 0 Å². The molecule has 0 unspecified atom stereocenters. The van der Waals surface area contributed by atoms with E-state index in [-0.39, 0.29) is 5.82 Å². The summed E-state index contributed by atoms with van der Waals surface area (Å²) < 4.78 is 13.1. The van der Waals surface area contributed by atoms with Gasteiger partial charge in [-0.2, -0.15) is 0 Å². The Morgan fingerprint density at radius 1 is 1.47 bits per heavy atom. The average molecular weight is 260 g/mol. The molecule has 0 atom stereocenters. The summed E-state index contributed by atoms with van der Waals surface area (Å²) in [7, 11) is 0. The number of benzene rings is 1. The lowest BCUT2D eigenvalue weighted by atomic mass is 10.2. The summed E-state index contributed by atoms with van der Waals surface area (Å²) in [5, 5.41) is 9.26. The SMILES string of the molecule is Cc1ccc(F)cc1NC(=O)c1n[nH]c(C2CC2)n1. The Balaban J connectivity index is 1.77. The second-order valence-corrected chi connectivity index (χ2v) is 4.73. The number of H-pyrrole nitrogens is 1. The average Bonchev–Trinajstić information content (AvgIpc) is 3.11. The number of nitrogens with one attached hydrogen (secondary N) is 2. The number of aromatic nitrogens is 3. The lowest BCUT2D eigenvalue weighted by molar-refractivity contribution is 0.101. The highest BCUT2D eigenvalue weighted by molar-refractivity contribution is 6.01. The standard InChI is InChI=1S/C13H13FN4O/c1-7-2-5-9(14)6-10(7)15-13(19)12-16-11(17-18-12)8-3-4-8/h2,5-6,8H,3-4H2,1H3,(H,15,19)(H,16,17,18). The Bertz CT molecular complexity index is 633. The number of hydrogen-bond donors (Lipinski definition) is 2. The molecule has 1 heterocycles. The zero-order valence-electron chi connectivity index (χ0n) is 10.4. The molecule has 5 nitrogen and oxygen atoms in total. The zero-order valence-corrected chi connectivity index (χ0v) is 10.4. The topological polar surface area (TPSA) is 70.7 Å². The van der Waals surface area contributed by atoms with Gasteiger partial charge in [0.25, 0.3) is 5.91 Å². The van der Waals surface area contributed by atoms with Crippen molar-refractivity contribution in [1.29, 1.82) is 0 Å². The first-order valence-corrected chi connectivity index (χ1v) is 6.13. The molecule has 0 spiro atoms. The summed E-state index contributed by atoms with van der Waals surface area (Å²) in [6, 6.07) is 4.24. The molecule has 2 N–H and O–H groups in total. The summed E-state index contributed by atoms with van der Waals surface area (Å²) in [4.78, 5) is 16.1. The van der Waals surface area contributed by atoms with Crippen LogP contribution in [0.4, 0.5) is 10.1 Å². The molecule has 98 valence electrons. The van der Waals surface area contributed by atoms with Crippen LogP contribution in [0.3, 0.4) is 0 Å². The predicted molar refractivity (Wildman–Crippen MR) is 67.4 cm³/mol. The third-order valence-electron chi connectivity index (χ3n) is 3.12. The van der Waals surface area contributed by atoms with Gasteiger partial charge in [0, 0.05) is 11.6 Å². The van der Waals surface area contributed by atoms with E-state index in [1.165, 1.54) is 12.1 Å². The van der Waals surface area contributed by atoms with Gasteiger partial charge < -0.3 is 5.32 Å². The largest absolute Gasteiger partial charge is 0.319 e. The quantitative estimate of drug-likeness (QED) is 0.890. The molecule has 0 saturated heterocycles. The maximum absolute atomic E-state index is 13.1. The van der Waals surface area contributed by atoms with Crippen LogP contribution in [0.1, 0.15) is 40.8 Å². The number of hydrogen-bond acceptors (Lipinski definition) is 3. The monoisotopic (exact) mass is 260 g/mol. The molecule has 2 aromatic rings. The number of aromatic amines is 1. The smallest absolute Gasteiger partial charge is 0.295 e. The molecule has 19 heavy (non-hydrogen) atoms. The maximum Gasteiger partial charge on any atom is 0.295 e. The molecule has 0 aliphatic heterocycles. The zero-order chi connectivity index (χ0) is 13.4. The van der Waals surface area contributed by atoms with Gasteiger partial charge in [0.2, 0.25) is 5.82 Å². The third-order valence-corrected chi connectivity index (χ3v) is 3.12. The van der Waals surface area contributed by atoms with Gasteiger partial charge in [0.05, 0.1) is 0 Å². The predicted octanol–water partition coefficient (Wildman–Crippen LogP) is 2.38.